The molecule has 174 valence electrons. The zero-order valence-electron chi connectivity index (χ0n) is 19.2. The lowest BCUT2D eigenvalue weighted by Crippen LogP contribution is -2.49. The molecule has 4 heterocycles. The topological polar surface area (TPSA) is 93.2 Å². The lowest BCUT2D eigenvalue weighted by molar-refractivity contribution is 0.0746. The molecule has 5 aromatic rings. The molecular weight excluding hydrogens is 442 g/mol. The Morgan fingerprint density at radius 2 is 1.71 bits per heavy atom. The van der Waals surface area contributed by atoms with E-state index in [1.165, 1.54) is 0 Å². The third-order valence-electron chi connectivity index (χ3n) is 6.36. The molecule has 3 aromatic heterocycles. The zero-order valence-corrected chi connectivity index (χ0v) is 19.2. The molecule has 2 aromatic carbocycles. The molecule has 1 fully saturated rings. The molecule has 0 aliphatic carbocycles. The Morgan fingerprint density at radius 3 is 2.49 bits per heavy atom. The second-order valence-electron chi connectivity index (χ2n) is 8.47. The third kappa shape index (κ3) is 3.90. The molecule has 9 nitrogen and oxygen atoms in total. The highest BCUT2D eigenvalue weighted by Gasteiger charge is 2.24. The molecule has 0 saturated carbocycles. The minimum atomic E-state index is 0.00387. The van der Waals surface area contributed by atoms with Gasteiger partial charge in [-0.3, -0.25) is 9.36 Å². The Labute approximate surface area is 201 Å². The van der Waals surface area contributed by atoms with Crippen LogP contribution in [0.1, 0.15) is 16.2 Å². The number of amides is 1. The van der Waals surface area contributed by atoms with E-state index >= 15 is 0 Å². The van der Waals surface area contributed by atoms with Crippen molar-refractivity contribution in [2.24, 2.45) is 0 Å². The van der Waals surface area contributed by atoms with E-state index in [-0.39, 0.29) is 5.91 Å². The zero-order chi connectivity index (χ0) is 23.8. The van der Waals surface area contributed by atoms with Crippen LogP contribution in [-0.2, 0) is 0 Å². The summed E-state index contributed by atoms with van der Waals surface area (Å²) in [5.74, 6) is 3.16. The fraction of sp³-hybridized carbons (Fsp3) is 0.192. The number of aryl methyl sites for hydroxylation is 1. The number of carbonyl (C=O) groups is 1. The maximum atomic E-state index is 13.3. The molecule has 35 heavy (non-hydrogen) atoms. The summed E-state index contributed by atoms with van der Waals surface area (Å²) in [6.45, 7) is 4.53. The number of nitrogens with zero attached hydrogens (tertiary/aromatic N) is 7. The van der Waals surface area contributed by atoms with Crippen molar-refractivity contribution in [1.82, 2.24) is 29.6 Å². The Hall–Kier alpha value is -4.53. The third-order valence-corrected chi connectivity index (χ3v) is 6.36. The van der Waals surface area contributed by atoms with Crippen LogP contribution in [0.25, 0.3) is 28.0 Å². The van der Waals surface area contributed by atoms with Gasteiger partial charge < -0.3 is 14.3 Å². The van der Waals surface area contributed by atoms with Gasteiger partial charge in [0.05, 0.1) is 5.39 Å². The fourth-order valence-corrected chi connectivity index (χ4v) is 4.46. The van der Waals surface area contributed by atoms with Crippen LogP contribution in [0, 0.1) is 6.92 Å². The van der Waals surface area contributed by atoms with Crippen LogP contribution in [0.4, 0.5) is 5.82 Å². The summed E-state index contributed by atoms with van der Waals surface area (Å²) in [6.07, 6.45) is 5.20. The van der Waals surface area contributed by atoms with Gasteiger partial charge in [-0.25, -0.2) is 15.0 Å². The molecule has 0 unspecified atom stereocenters. The van der Waals surface area contributed by atoms with Crippen molar-refractivity contribution in [3.8, 4) is 17.1 Å². The van der Waals surface area contributed by atoms with E-state index in [0.717, 1.165) is 33.9 Å². The van der Waals surface area contributed by atoms with Crippen LogP contribution in [-0.4, -0.2) is 61.7 Å². The lowest BCUT2D eigenvalue weighted by Gasteiger charge is -2.35. The van der Waals surface area contributed by atoms with Gasteiger partial charge >= 0.3 is 0 Å². The minimum Gasteiger partial charge on any atom is -0.355 e. The van der Waals surface area contributed by atoms with E-state index in [9.17, 15) is 4.79 Å². The summed E-state index contributed by atoms with van der Waals surface area (Å²) < 4.78 is 7.52. The highest BCUT2D eigenvalue weighted by atomic mass is 16.5. The second kappa shape index (κ2) is 8.68. The molecule has 0 radical (unpaired) electrons. The Bertz CT molecular complexity index is 1500. The maximum Gasteiger partial charge on any atom is 0.254 e. The van der Waals surface area contributed by atoms with Crippen molar-refractivity contribution >= 4 is 22.6 Å². The van der Waals surface area contributed by atoms with E-state index in [0.29, 0.717) is 37.5 Å². The molecule has 0 N–H and O–H groups in total. The van der Waals surface area contributed by atoms with Gasteiger partial charge in [0, 0.05) is 55.8 Å². The number of piperazine rings is 1. The molecule has 0 spiro atoms. The van der Waals surface area contributed by atoms with Gasteiger partial charge in [0.2, 0.25) is 0 Å². The summed E-state index contributed by atoms with van der Waals surface area (Å²) in [4.78, 5) is 30.5. The second-order valence-corrected chi connectivity index (χ2v) is 8.47. The molecule has 1 amide bonds. The highest BCUT2D eigenvalue weighted by Crippen LogP contribution is 2.29. The first-order chi connectivity index (χ1) is 17.2. The summed E-state index contributed by atoms with van der Waals surface area (Å²) in [7, 11) is 0. The van der Waals surface area contributed by atoms with Gasteiger partial charge in [0.1, 0.15) is 29.3 Å². The van der Waals surface area contributed by atoms with Gasteiger partial charge in [0.15, 0.2) is 5.76 Å². The van der Waals surface area contributed by atoms with Crippen LogP contribution < -0.4 is 4.90 Å². The van der Waals surface area contributed by atoms with Crippen molar-refractivity contribution < 1.29 is 9.32 Å². The average molecular weight is 466 g/mol. The number of rotatable bonds is 4. The molecule has 1 aliphatic heterocycles. The van der Waals surface area contributed by atoms with Crippen molar-refractivity contribution in [1.29, 1.82) is 0 Å². The van der Waals surface area contributed by atoms with Crippen LogP contribution >= 0.6 is 0 Å². The maximum absolute atomic E-state index is 13.3. The predicted molar refractivity (Wildman–Crippen MR) is 131 cm³/mol. The number of benzene rings is 2. The van der Waals surface area contributed by atoms with Gasteiger partial charge in [-0.2, -0.15) is 0 Å². The summed E-state index contributed by atoms with van der Waals surface area (Å²) in [5, 5.41) is 5.00. The van der Waals surface area contributed by atoms with Crippen LogP contribution in [0.15, 0.2) is 77.8 Å². The number of aromatic nitrogens is 5. The van der Waals surface area contributed by atoms with Gasteiger partial charge in [-0.1, -0.05) is 35.5 Å². The quantitative estimate of drug-likeness (QED) is 0.399. The van der Waals surface area contributed by atoms with Crippen molar-refractivity contribution in [2.75, 3.05) is 31.1 Å². The Morgan fingerprint density at radius 1 is 0.914 bits per heavy atom. The highest BCUT2D eigenvalue weighted by molar-refractivity contribution is 6.01. The molecule has 1 saturated heterocycles. The van der Waals surface area contributed by atoms with Crippen LogP contribution in [0.3, 0.4) is 0 Å². The van der Waals surface area contributed by atoms with Crippen molar-refractivity contribution in [2.45, 2.75) is 6.92 Å². The number of imidazole rings is 1. The number of hydrogen-bond acceptors (Lipinski definition) is 7. The number of carbonyl (C=O) groups excluding carboxylic acids is 1. The van der Waals surface area contributed by atoms with Crippen LogP contribution in [0.5, 0.6) is 0 Å². The van der Waals surface area contributed by atoms with E-state index in [2.05, 4.69) is 25.0 Å². The van der Waals surface area contributed by atoms with E-state index in [1.807, 2.05) is 77.2 Å². The SMILES string of the molecule is Cc1nccn1-c1cc(N2CCN(C(=O)c3ccc4noc(-c5ccccc5)c4c3)CC2)ncn1. The molecule has 1 aliphatic rings. The molecule has 9 heteroatoms. The minimum absolute atomic E-state index is 0.00387. The standard InChI is InChI=1S/C26H23N7O2/c1-18-27-9-10-33(18)24-16-23(28-17-29-24)31-11-13-32(14-12-31)26(34)20-7-8-22-21(15-20)25(35-30-22)19-5-3-2-4-6-19/h2-10,15-17H,11-14H2,1H3. The molecule has 0 bridgehead atoms. The molecule has 0 atom stereocenters. The monoisotopic (exact) mass is 465 g/mol. The van der Waals surface area contributed by atoms with Crippen LogP contribution in [0.2, 0.25) is 0 Å². The number of hydrogen-bond donors (Lipinski definition) is 0. The first kappa shape index (κ1) is 21.0. The summed E-state index contributed by atoms with van der Waals surface area (Å²) >= 11 is 0. The smallest absolute Gasteiger partial charge is 0.254 e. The predicted octanol–water partition coefficient (Wildman–Crippen LogP) is 3.74. The lowest BCUT2D eigenvalue weighted by atomic mass is 10.1. The average Bonchev–Trinajstić information content (AvgIpc) is 3.54. The van der Waals surface area contributed by atoms with Gasteiger partial charge in [-0.05, 0) is 25.1 Å². The normalized spacial score (nSPS) is 14.0. The molecular formula is C26H23N7O2. The van der Waals surface area contributed by atoms with Crippen molar-refractivity contribution in [3.05, 3.63) is 84.7 Å². The first-order valence-corrected chi connectivity index (χ1v) is 11.5. The molecule has 6 rings (SSSR count). The Balaban J connectivity index is 1.18. The van der Waals surface area contributed by atoms with Gasteiger partial charge in [0.25, 0.3) is 5.91 Å². The fourth-order valence-electron chi connectivity index (χ4n) is 4.46. The van der Waals surface area contributed by atoms with Gasteiger partial charge in [-0.15, -0.1) is 0 Å². The Kier molecular flexibility index (Phi) is 5.21. The van der Waals surface area contributed by atoms with E-state index in [1.54, 1.807) is 12.5 Å². The first-order valence-electron chi connectivity index (χ1n) is 11.5. The largest absolute Gasteiger partial charge is 0.355 e. The van der Waals surface area contributed by atoms with E-state index < -0.39 is 0 Å². The number of fused-ring (bicyclic) bond motifs is 1. The number of anilines is 1. The van der Waals surface area contributed by atoms with E-state index in [4.69, 9.17) is 4.52 Å². The summed E-state index contributed by atoms with van der Waals surface area (Å²) in [5.41, 5.74) is 2.30. The summed E-state index contributed by atoms with van der Waals surface area (Å²) in [6, 6.07) is 17.3. The van der Waals surface area contributed by atoms with Crippen molar-refractivity contribution in [3.63, 3.8) is 0 Å².